The predicted molar refractivity (Wildman–Crippen MR) is 75.3 cm³/mol. The van der Waals surface area contributed by atoms with Crippen molar-refractivity contribution < 1.29 is 13.2 Å². The maximum absolute atomic E-state index is 11.6. The molecule has 0 amide bonds. The lowest BCUT2D eigenvalue weighted by Gasteiger charge is -2.10. The molecule has 0 atom stereocenters. The number of methoxy groups -OCH3 is 1. The molecular weight excluding hydrogens is 332 g/mol. The molecule has 1 aromatic heterocycles. The number of halogens is 1. The minimum Gasteiger partial charge on any atom is -0.481 e. The smallest absolute Gasteiger partial charge is 0.238 e. The minimum absolute atomic E-state index is 0.0580. The van der Waals surface area contributed by atoms with Crippen molar-refractivity contribution in [3.05, 3.63) is 41.0 Å². The number of pyridine rings is 1. The van der Waals surface area contributed by atoms with Crippen molar-refractivity contribution in [3.8, 4) is 17.0 Å². The second-order valence-corrected chi connectivity index (χ2v) is 6.01. The third-order valence-electron chi connectivity index (χ3n) is 2.52. The van der Waals surface area contributed by atoms with Gasteiger partial charge in [-0.25, -0.2) is 18.5 Å². The van der Waals surface area contributed by atoms with Crippen LogP contribution in [0.4, 0.5) is 0 Å². The molecule has 0 unspecified atom stereocenters. The number of ether oxygens (including phenoxy) is 1. The normalized spacial score (nSPS) is 11.3. The average Bonchev–Trinajstić information content (AvgIpc) is 2.37. The van der Waals surface area contributed by atoms with Gasteiger partial charge in [0.25, 0.3) is 0 Å². The quantitative estimate of drug-likeness (QED) is 0.866. The van der Waals surface area contributed by atoms with Gasteiger partial charge in [-0.2, -0.15) is 0 Å². The number of nitrogens with two attached hydrogens (primary N) is 1. The molecule has 0 aliphatic rings. The highest BCUT2D eigenvalue weighted by Crippen LogP contribution is 2.32. The number of primary sulfonamides is 1. The van der Waals surface area contributed by atoms with E-state index in [2.05, 4.69) is 20.9 Å². The van der Waals surface area contributed by atoms with Crippen LogP contribution in [0.3, 0.4) is 0 Å². The Morgan fingerprint density at radius 1 is 1.16 bits per heavy atom. The number of nitrogens with zero attached hydrogens (tertiary/aromatic N) is 1. The number of hydrogen-bond donors (Lipinski definition) is 1. The Labute approximate surface area is 119 Å². The molecule has 1 heterocycles. The molecule has 19 heavy (non-hydrogen) atoms. The van der Waals surface area contributed by atoms with Crippen LogP contribution in [0.15, 0.2) is 45.9 Å². The van der Waals surface area contributed by atoms with Crippen molar-refractivity contribution in [2.75, 3.05) is 7.11 Å². The van der Waals surface area contributed by atoms with E-state index in [4.69, 9.17) is 9.88 Å². The highest BCUT2D eigenvalue weighted by molar-refractivity contribution is 9.10. The van der Waals surface area contributed by atoms with Crippen LogP contribution in [0.2, 0.25) is 0 Å². The van der Waals surface area contributed by atoms with Crippen LogP contribution in [0.1, 0.15) is 0 Å². The number of benzene rings is 1. The van der Waals surface area contributed by atoms with Gasteiger partial charge in [0.1, 0.15) is 4.60 Å². The summed E-state index contributed by atoms with van der Waals surface area (Å²) in [5, 5.41) is 5.21. The van der Waals surface area contributed by atoms with E-state index in [1.54, 1.807) is 30.3 Å². The van der Waals surface area contributed by atoms with E-state index in [1.807, 2.05) is 0 Å². The Kier molecular flexibility index (Phi) is 3.88. The minimum atomic E-state index is -3.79. The standard InChI is InChI=1S/C12H11BrN2O3S/c1-18-11-7-6-9(12(13)15-11)8-4-2-3-5-10(8)19(14,16)17/h2-7H,1H3,(H2,14,16,17). The first-order valence-electron chi connectivity index (χ1n) is 5.26. The Morgan fingerprint density at radius 3 is 2.42 bits per heavy atom. The molecule has 0 bridgehead atoms. The van der Waals surface area contributed by atoms with Gasteiger partial charge in [-0.15, -0.1) is 0 Å². The molecule has 100 valence electrons. The fourth-order valence-electron chi connectivity index (χ4n) is 1.67. The lowest BCUT2D eigenvalue weighted by Crippen LogP contribution is -2.13. The van der Waals surface area contributed by atoms with Gasteiger partial charge in [-0.1, -0.05) is 18.2 Å². The predicted octanol–water partition coefficient (Wildman–Crippen LogP) is 2.17. The van der Waals surface area contributed by atoms with E-state index in [-0.39, 0.29) is 4.90 Å². The Morgan fingerprint density at radius 2 is 1.84 bits per heavy atom. The van der Waals surface area contributed by atoms with Gasteiger partial charge in [-0.05, 0) is 28.1 Å². The summed E-state index contributed by atoms with van der Waals surface area (Å²) in [4.78, 5) is 4.21. The van der Waals surface area contributed by atoms with Gasteiger partial charge in [0, 0.05) is 17.2 Å². The van der Waals surface area contributed by atoms with Gasteiger partial charge in [-0.3, -0.25) is 0 Å². The van der Waals surface area contributed by atoms with E-state index in [1.165, 1.54) is 13.2 Å². The SMILES string of the molecule is COc1ccc(-c2ccccc2S(N)(=O)=O)c(Br)n1. The first kappa shape index (κ1) is 14.0. The Hall–Kier alpha value is -1.44. The fourth-order valence-corrected chi connectivity index (χ4v) is 2.94. The van der Waals surface area contributed by atoms with E-state index in [0.717, 1.165) is 0 Å². The molecule has 0 saturated carbocycles. The molecule has 7 heteroatoms. The molecule has 0 spiro atoms. The summed E-state index contributed by atoms with van der Waals surface area (Å²) < 4.78 is 28.6. The van der Waals surface area contributed by atoms with Crippen molar-refractivity contribution in [1.82, 2.24) is 4.98 Å². The zero-order valence-corrected chi connectivity index (χ0v) is 12.4. The topological polar surface area (TPSA) is 82.3 Å². The van der Waals surface area contributed by atoms with Crippen molar-refractivity contribution in [2.45, 2.75) is 4.90 Å². The van der Waals surface area contributed by atoms with Crippen molar-refractivity contribution in [3.63, 3.8) is 0 Å². The Bertz CT molecular complexity index is 717. The van der Waals surface area contributed by atoms with E-state index < -0.39 is 10.0 Å². The summed E-state index contributed by atoms with van der Waals surface area (Å²) in [5.74, 6) is 0.434. The molecule has 0 fully saturated rings. The second kappa shape index (κ2) is 5.28. The number of hydrogen-bond acceptors (Lipinski definition) is 4. The largest absolute Gasteiger partial charge is 0.481 e. The number of aromatic nitrogens is 1. The molecule has 0 radical (unpaired) electrons. The van der Waals surface area contributed by atoms with Crippen LogP contribution in [-0.4, -0.2) is 20.5 Å². The van der Waals surface area contributed by atoms with Crippen LogP contribution in [0, 0.1) is 0 Å². The highest BCUT2D eigenvalue weighted by atomic mass is 79.9. The summed E-state index contributed by atoms with van der Waals surface area (Å²) in [6.45, 7) is 0. The van der Waals surface area contributed by atoms with Crippen LogP contribution in [0.5, 0.6) is 5.88 Å². The fraction of sp³-hybridized carbons (Fsp3) is 0.0833. The van der Waals surface area contributed by atoms with Crippen molar-refractivity contribution >= 4 is 26.0 Å². The van der Waals surface area contributed by atoms with Gasteiger partial charge in [0.2, 0.25) is 15.9 Å². The molecule has 1 aromatic carbocycles. The molecule has 0 aliphatic carbocycles. The van der Waals surface area contributed by atoms with Gasteiger partial charge < -0.3 is 4.74 Å². The monoisotopic (exact) mass is 342 g/mol. The van der Waals surface area contributed by atoms with Crippen molar-refractivity contribution in [2.24, 2.45) is 5.14 Å². The maximum Gasteiger partial charge on any atom is 0.238 e. The summed E-state index contributed by atoms with van der Waals surface area (Å²) in [6, 6.07) is 9.87. The summed E-state index contributed by atoms with van der Waals surface area (Å²) in [6.07, 6.45) is 0. The average molecular weight is 343 g/mol. The highest BCUT2D eigenvalue weighted by Gasteiger charge is 2.17. The van der Waals surface area contributed by atoms with Crippen LogP contribution in [-0.2, 0) is 10.0 Å². The number of sulfonamides is 1. The van der Waals surface area contributed by atoms with Crippen LogP contribution >= 0.6 is 15.9 Å². The van der Waals surface area contributed by atoms with Crippen LogP contribution < -0.4 is 9.88 Å². The zero-order valence-electron chi connectivity index (χ0n) is 10.00. The lowest BCUT2D eigenvalue weighted by molar-refractivity contribution is 0.397. The summed E-state index contributed by atoms with van der Waals surface area (Å²) in [5.41, 5.74) is 1.12. The first-order valence-corrected chi connectivity index (χ1v) is 7.60. The molecule has 0 saturated heterocycles. The van der Waals surface area contributed by atoms with E-state index >= 15 is 0 Å². The zero-order chi connectivity index (χ0) is 14.0. The summed E-state index contributed by atoms with van der Waals surface area (Å²) in [7, 11) is -2.29. The molecule has 0 aliphatic heterocycles. The third kappa shape index (κ3) is 2.94. The van der Waals surface area contributed by atoms with Gasteiger partial charge >= 0.3 is 0 Å². The molecule has 2 N–H and O–H groups in total. The van der Waals surface area contributed by atoms with E-state index in [9.17, 15) is 8.42 Å². The van der Waals surface area contributed by atoms with Crippen LogP contribution in [0.25, 0.3) is 11.1 Å². The van der Waals surface area contributed by atoms with Gasteiger partial charge in [0.15, 0.2) is 0 Å². The molecule has 2 rings (SSSR count). The van der Waals surface area contributed by atoms with E-state index in [0.29, 0.717) is 21.6 Å². The molecule has 5 nitrogen and oxygen atoms in total. The third-order valence-corrected chi connectivity index (χ3v) is 4.09. The maximum atomic E-state index is 11.6. The molecular formula is C12H11BrN2O3S. The number of rotatable bonds is 3. The Balaban J connectivity index is 2.66. The van der Waals surface area contributed by atoms with Crippen molar-refractivity contribution in [1.29, 1.82) is 0 Å². The first-order chi connectivity index (χ1) is 8.93. The summed E-state index contributed by atoms with van der Waals surface area (Å²) >= 11 is 3.30. The molecule has 2 aromatic rings. The van der Waals surface area contributed by atoms with Gasteiger partial charge in [0.05, 0.1) is 12.0 Å². The second-order valence-electron chi connectivity index (χ2n) is 3.73. The lowest BCUT2D eigenvalue weighted by atomic mass is 10.1.